The van der Waals surface area contributed by atoms with Crippen LogP contribution in [0.25, 0.3) is 0 Å². The molecule has 3 rings (SSSR count). The Morgan fingerprint density at radius 1 is 1.20 bits per heavy atom. The Labute approximate surface area is 119 Å². The SMILES string of the molecule is c1ccc(NC2CCCOCC2)c(Cn2cccn2)c1. The molecular formula is C16H21N3O. The first kappa shape index (κ1) is 13.2. The van der Waals surface area contributed by atoms with Gasteiger partial charge in [0.05, 0.1) is 6.54 Å². The standard InChI is InChI=1S/C16H21N3O/c1-2-7-16(18-15-6-3-11-20-12-8-15)14(5-1)13-19-10-4-9-17-19/h1-2,4-5,7,9-10,15,18H,3,6,8,11-13H2. The van der Waals surface area contributed by atoms with E-state index in [4.69, 9.17) is 4.74 Å². The highest BCUT2D eigenvalue weighted by Gasteiger charge is 2.13. The molecule has 2 heterocycles. The Balaban J connectivity index is 1.71. The van der Waals surface area contributed by atoms with Crippen LogP contribution in [0.2, 0.25) is 0 Å². The Bertz CT molecular complexity index is 516. The van der Waals surface area contributed by atoms with E-state index in [9.17, 15) is 0 Å². The maximum absolute atomic E-state index is 5.52. The molecule has 20 heavy (non-hydrogen) atoms. The predicted octanol–water partition coefficient (Wildman–Crippen LogP) is 2.91. The molecule has 0 bridgehead atoms. The summed E-state index contributed by atoms with van der Waals surface area (Å²) in [7, 11) is 0. The highest BCUT2D eigenvalue weighted by molar-refractivity contribution is 5.51. The van der Waals surface area contributed by atoms with E-state index < -0.39 is 0 Å². The smallest absolute Gasteiger partial charge is 0.0679 e. The Kier molecular flexibility index (Phi) is 4.33. The van der Waals surface area contributed by atoms with Gasteiger partial charge in [-0.1, -0.05) is 18.2 Å². The second kappa shape index (κ2) is 6.57. The van der Waals surface area contributed by atoms with Gasteiger partial charge >= 0.3 is 0 Å². The molecule has 4 heteroatoms. The summed E-state index contributed by atoms with van der Waals surface area (Å²) in [6.07, 6.45) is 7.21. The lowest BCUT2D eigenvalue weighted by Gasteiger charge is -2.19. The van der Waals surface area contributed by atoms with E-state index in [1.54, 1.807) is 0 Å². The molecular weight excluding hydrogens is 250 g/mol. The van der Waals surface area contributed by atoms with Crippen LogP contribution in [-0.2, 0) is 11.3 Å². The van der Waals surface area contributed by atoms with Crippen LogP contribution in [0, 0.1) is 0 Å². The molecule has 0 amide bonds. The zero-order valence-corrected chi connectivity index (χ0v) is 11.7. The molecule has 0 saturated carbocycles. The highest BCUT2D eigenvalue weighted by atomic mass is 16.5. The van der Waals surface area contributed by atoms with E-state index in [1.165, 1.54) is 17.7 Å². The summed E-state index contributed by atoms with van der Waals surface area (Å²) in [5.41, 5.74) is 2.50. The van der Waals surface area contributed by atoms with Gasteiger partial charge in [-0.15, -0.1) is 0 Å². The fourth-order valence-corrected chi connectivity index (χ4v) is 2.64. The molecule has 0 aliphatic carbocycles. The van der Waals surface area contributed by atoms with Gasteiger partial charge in [0.25, 0.3) is 0 Å². The van der Waals surface area contributed by atoms with Gasteiger partial charge in [0.15, 0.2) is 0 Å². The fourth-order valence-electron chi connectivity index (χ4n) is 2.64. The van der Waals surface area contributed by atoms with Crippen LogP contribution in [0.3, 0.4) is 0 Å². The lowest BCUT2D eigenvalue weighted by atomic mass is 10.1. The lowest BCUT2D eigenvalue weighted by molar-refractivity contribution is 0.144. The van der Waals surface area contributed by atoms with Crippen molar-refractivity contribution in [3.05, 3.63) is 48.3 Å². The van der Waals surface area contributed by atoms with E-state index in [0.29, 0.717) is 6.04 Å². The molecule has 1 aliphatic rings. The Morgan fingerprint density at radius 2 is 2.15 bits per heavy atom. The van der Waals surface area contributed by atoms with E-state index in [0.717, 1.165) is 32.6 Å². The number of hydrogen-bond acceptors (Lipinski definition) is 3. The zero-order valence-electron chi connectivity index (χ0n) is 11.7. The van der Waals surface area contributed by atoms with Crippen molar-refractivity contribution in [3.63, 3.8) is 0 Å². The summed E-state index contributed by atoms with van der Waals surface area (Å²) in [4.78, 5) is 0. The van der Waals surface area contributed by atoms with Crippen molar-refractivity contribution >= 4 is 5.69 Å². The molecule has 1 aromatic heterocycles. The van der Waals surface area contributed by atoms with Crippen molar-refractivity contribution in [1.82, 2.24) is 9.78 Å². The molecule has 4 nitrogen and oxygen atoms in total. The van der Waals surface area contributed by atoms with E-state index in [-0.39, 0.29) is 0 Å². The number of rotatable bonds is 4. The van der Waals surface area contributed by atoms with Crippen molar-refractivity contribution in [2.45, 2.75) is 31.8 Å². The van der Waals surface area contributed by atoms with Crippen LogP contribution >= 0.6 is 0 Å². The van der Waals surface area contributed by atoms with Crippen LogP contribution in [0.5, 0.6) is 0 Å². The van der Waals surface area contributed by atoms with Crippen LogP contribution in [0.4, 0.5) is 5.69 Å². The van der Waals surface area contributed by atoms with Crippen molar-refractivity contribution in [1.29, 1.82) is 0 Å². The molecule has 1 atom stereocenters. The van der Waals surface area contributed by atoms with Gasteiger partial charge in [0.1, 0.15) is 0 Å². The topological polar surface area (TPSA) is 39.1 Å². The molecule has 1 N–H and O–H groups in total. The summed E-state index contributed by atoms with van der Waals surface area (Å²) in [5, 5.41) is 7.96. The number of nitrogens with one attached hydrogen (secondary N) is 1. The number of hydrogen-bond donors (Lipinski definition) is 1. The molecule has 1 aliphatic heterocycles. The zero-order chi connectivity index (χ0) is 13.6. The minimum absolute atomic E-state index is 0.510. The molecule has 1 unspecified atom stereocenters. The summed E-state index contributed by atoms with van der Waals surface area (Å²) in [6, 6.07) is 11.0. The minimum Gasteiger partial charge on any atom is -0.382 e. The van der Waals surface area contributed by atoms with Crippen molar-refractivity contribution in [3.8, 4) is 0 Å². The maximum Gasteiger partial charge on any atom is 0.0679 e. The molecule has 1 aromatic carbocycles. The predicted molar refractivity (Wildman–Crippen MR) is 79.9 cm³/mol. The number of para-hydroxylation sites is 1. The third-order valence-corrected chi connectivity index (χ3v) is 3.72. The number of aromatic nitrogens is 2. The largest absolute Gasteiger partial charge is 0.382 e. The molecule has 0 spiro atoms. The number of benzene rings is 1. The first-order chi connectivity index (χ1) is 9.92. The van der Waals surface area contributed by atoms with Gasteiger partial charge in [-0.2, -0.15) is 5.10 Å². The Morgan fingerprint density at radius 3 is 3.05 bits per heavy atom. The monoisotopic (exact) mass is 271 g/mol. The van der Waals surface area contributed by atoms with Gasteiger partial charge in [-0.25, -0.2) is 0 Å². The maximum atomic E-state index is 5.52. The average molecular weight is 271 g/mol. The first-order valence-electron chi connectivity index (χ1n) is 7.31. The number of nitrogens with zero attached hydrogens (tertiary/aromatic N) is 2. The van der Waals surface area contributed by atoms with Crippen LogP contribution in [0.15, 0.2) is 42.7 Å². The molecule has 0 radical (unpaired) electrons. The summed E-state index contributed by atoms with van der Waals surface area (Å²) in [6.45, 7) is 2.56. The van der Waals surface area contributed by atoms with Gasteiger partial charge in [0, 0.05) is 37.3 Å². The van der Waals surface area contributed by atoms with Crippen molar-refractivity contribution in [2.24, 2.45) is 0 Å². The second-order valence-electron chi connectivity index (χ2n) is 5.25. The van der Waals surface area contributed by atoms with Crippen LogP contribution in [0.1, 0.15) is 24.8 Å². The molecule has 1 fully saturated rings. The van der Waals surface area contributed by atoms with E-state index >= 15 is 0 Å². The third-order valence-electron chi connectivity index (χ3n) is 3.72. The van der Waals surface area contributed by atoms with Gasteiger partial charge in [-0.3, -0.25) is 4.68 Å². The first-order valence-corrected chi connectivity index (χ1v) is 7.31. The summed E-state index contributed by atoms with van der Waals surface area (Å²) < 4.78 is 7.48. The third kappa shape index (κ3) is 3.39. The van der Waals surface area contributed by atoms with Gasteiger partial charge < -0.3 is 10.1 Å². The normalized spacial score (nSPS) is 19.5. The van der Waals surface area contributed by atoms with E-state index in [1.807, 2.05) is 23.1 Å². The molecule has 106 valence electrons. The molecule has 2 aromatic rings. The number of ether oxygens (including phenoxy) is 1. The van der Waals surface area contributed by atoms with Gasteiger partial charge in [0.2, 0.25) is 0 Å². The number of anilines is 1. The lowest BCUT2D eigenvalue weighted by Crippen LogP contribution is -2.20. The van der Waals surface area contributed by atoms with Gasteiger partial charge in [-0.05, 0) is 37.0 Å². The van der Waals surface area contributed by atoms with Crippen molar-refractivity contribution in [2.75, 3.05) is 18.5 Å². The average Bonchev–Trinajstić information content (AvgIpc) is 2.84. The molecule has 1 saturated heterocycles. The van der Waals surface area contributed by atoms with Crippen molar-refractivity contribution < 1.29 is 4.74 Å². The highest BCUT2D eigenvalue weighted by Crippen LogP contribution is 2.20. The Hall–Kier alpha value is -1.81. The quantitative estimate of drug-likeness (QED) is 0.929. The summed E-state index contributed by atoms with van der Waals surface area (Å²) >= 11 is 0. The van der Waals surface area contributed by atoms with E-state index in [2.05, 4.69) is 34.7 Å². The van der Waals surface area contributed by atoms with Crippen LogP contribution in [-0.4, -0.2) is 29.0 Å². The second-order valence-corrected chi connectivity index (χ2v) is 5.25. The fraction of sp³-hybridized carbons (Fsp3) is 0.438. The summed E-state index contributed by atoms with van der Waals surface area (Å²) in [5.74, 6) is 0. The minimum atomic E-state index is 0.510. The van der Waals surface area contributed by atoms with Crippen LogP contribution < -0.4 is 5.32 Å².